The zero-order valence-electron chi connectivity index (χ0n) is 19.9. The number of amides is 4. The highest BCUT2D eigenvalue weighted by molar-refractivity contribution is 8.03. The van der Waals surface area contributed by atoms with Crippen LogP contribution in [0.5, 0.6) is 0 Å². The third-order valence-electron chi connectivity index (χ3n) is 7.43. The van der Waals surface area contributed by atoms with Gasteiger partial charge in [0.2, 0.25) is 11.8 Å². The Morgan fingerprint density at radius 2 is 1.91 bits per heavy atom. The molecule has 2 unspecified atom stereocenters. The largest absolute Gasteiger partial charge is 0.467 e. The minimum Gasteiger partial charge on any atom is -0.467 e. The van der Waals surface area contributed by atoms with Crippen LogP contribution in [0, 0.1) is 18.8 Å². The number of carbonyl (C=O) groups excluding carboxylic acids is 3. The van der Waals surface area contributed by atoms with Crippen molar-refractivity contribution >= 4 is 29.6 Å². The predicted molar refractivity (Wildman–Crippen MR) is 134 cm³/mol. The zero-order valence-corrected chi connectivity index (χ0v) is 20.7. The number of hydrogen-bond acceptors (Lipinski definition) is 5. The average molecular weight is 494 g/mol. The Morgan fingerprint density at radius 3 is 2.66 bits per heavy atom. The molecule has 1 aromatic heterocycles. The minimum absolute atomic E-state index is 0.0366. The van der Waals surface area contributed by atoms with Crippen molar-refractivity contribution in [2.45, 2.75) is 57.0 Å². The lowest BCUT2D eigenvalue weighted by molar-refractivity contribution is -0.132. The number of benzene rings is 1. The molecule has 2 atom stereocenters. The molecule has 1 aliphatic carbocycles. The number of imide groups is 1. The number of aryl methyl sites for hydroxylation is 1. The minimum atomic E-state index is -0.277. The van der Waals surface area contributed by atoms with E-state index in [0.29, 0.717) is 19.6 Å². The monoisotopic (exact) mass is 493 g/mol. The van der Waals surface area contributed by atoms with Gasteiger partial charge in [-0.15, -0.1) is 11.8 Å². The molecule has 5 rings (SSSR count). The number of carbonyl (C=O) groups is 3. The van der Waals surface area contributed by atoms with Crippen LogP contribution < -0.4 is 5.32 Å². The Kier molecular flexibility index (Phi) is 7.00. The van der Waals surface area contributed by atoms with Crippen LogP contribution in [0.15, 0.2) is 58.6 Å². The molecular formula is C27H31N3O4S. The standard InChI is InChI=1S/C27H31N3O4S/c1-18-5-2-3-6-21(18)17-29-23-12-14-35-24(23)26(32)30(27(29)33)16-19-8-10-20(11-9-19)25(31)28-15-22-7-4-13-34-22/h2-7,12-14,19-20,23-24H,8-11,15-17H2,1H3,(H,28,31). The molecule has 8 heteroatoms. The SMILES string of the molecule is Cc1ccccc1CN1C(=O)N(CC2CCC(C(=O)NCc3ccco3)CC2)C(=O)C2SC=CC21. The van der Waals surface area contributed by atoms with E-state index in [2.05, 4.69) is 5.32 Å². The first-order valence-corrected chi connectivity index (χ1v) is 13.2. The predicted octanol–water partition coefficient (Wildman–Crippen LogP) is 4.47. The van der Waals surface area contributed by atoms with Gasteiger partial charge in [0.1, 0.15) is 11.0 Å². The number of rotatable bonds is 7. The van der Waals surface area contributed by atoms with Gasteiger partial charge in [-0.2, -0.15) is 0 Å². The topological polar surface area (TPSA) is 82.9 Å². The fraction of sp³-hybridized carbons (Fsp3) is 0.444. The Hall–Kier alpha value is -3.00. The van der Waals surface area contributed by atoms with Gasteiger partial charge in [-0.3, -0.25) is 14.5 Å². The highest BCUT2D eigenvalue weighted by Gasteiger charge is 2.47. The van der Waals surface area contributed by atoms with Crippen LogP contribution in [0.3, 0.4) is 0 Å². The van der Waals surface area contributed by atoms with E-state index >= 15 is 0 Å². The average Bonchev–Trinajstić information content (AvgIpc) is 3.57. The molecule has 1 N–H and O–H groups in total. The molecule has 0 bridgehead atoms. The quantitative estimate of drug-likeness (QED) is 0.615. The summed E-state index contributed by atoms with van der Waals surface area (Å²) < 4.78 is 5.28. The molecule has 2 aromatic rings. The molecule has 2 fully saturated rings. The van der Waals surface area contributed by atoms with Crippen LogP contribution in [0.25, 0.3) is 0 Å². The molecular weight excluding hydrogens is 462 g/mol. The summed E-state index contributed by atoms with van der Waals surface area (Å²) in [5.74, 6) is 0.876. The molecule has 0 spiro atoms. The van der Waals surface area contributed by atoms with E-state index in [0.717, 1.165) is 42.6 Å². The van der Waals surface area contributed by atoms with Crippen molar-refractivity contribution in [3.05, 3.63) is 71.0 Å². The second kappa shape index (κ2) is 10.3. The van der Waals surface area contributed by atoms with Crippen LogP contribution in [-0.4, -0.2) is 45.5 Å². The van der Waals surface area contributed by atoms with Crippen molar-refractivity contribution in [1.82, 2.24) is 15.1 Å². The summed E-state index contributed by atoms with van der Waals surface area (Å²) in [5.41, 5.74) is 2.24. The van der Waals surface area contributed by atoms with Crippen molar-refractivity contribution in [2.24, 2.45) is 11.8 Å². The molecule has 2 aliphatic heterocycles. The first-order valence-electron chi connectivity index (χ1n) is 12.3. The molecule has 4 amide bonds. The van der Waals surface area contributed by atoms with E-state index in [-0.39, 0.29) is 41.0 Å². The van der Waals surface area contributed by atoms with Crippen molar-refractivity contribution < 1.29 is 18.8 Å². The van der Waals surface area contributed by atoms with Gasteiger partial charge in [-0.25, -0.2) is 4.79 Å². The smallest absolute Gasteiger partial charge is 0.327 e. The molecule has 0 radical (unpaired) electrons. The number of thioether (sulfide) groups is 1. The molecule has 1 aromatic carbocycles. The van der Waals surface area contributed by atoms with E-state index in [1.54, 1.807) is 12.3 Å². The lowest BCUT2D eigenvalue weighted by atomic mass is 9.81. The Balaban J connectivity index is 1.20. The molecule has 1 saturated heterocycles. The number of hydrogen-bond donors (Lipinski definition) is 1. The van der Waals surface area contributed by atoms with Gasteiger partial charge in [0.25, 0.3) is 0 Å². The lowest BCUT2D eigenvalue weighted by Gasteiger charge is -2.43. The maximum absolute atomic E-state index is 13.6. The first-order chi connectivity index (χ1) is 17.0. The van der Waals surface area contributed by atoms with E-state index < -0.39 is 0 Å². The first kappa shape index (κ1) is 23.7. The highest BCUT2D eigenvalue weighted by Crippen LogP contribution is 2.37. The molecule has 7 nitrogen and oxygen atoms in total. The summed E-state index contributed by atoms with van der Waals surface area (Å²) in [4.78, 5) is 42.7. The number of fused-ring (bicyclic) bond motifs is 1. The van der Waals surface area contributed by atoms with Gasteiger partial charge in [0, 0.05) is 19.0 Å². The van der Waals surface area contributed by atoms with E-state index in [4.69, 9.17) is 4.42 Å². The van der Waals surface area contributed by atoms with E-state index in [1.165, 1.54) is 16.7 Å². The van der Waals surface area contributed by atoms with Gasteiger partial charge >= 0.3 is 6.03 Å². The van der Waals surface area contributed by atoms with Gasteiger partial charge in [-0.1, -0.05) is 30.3 Å². The summed E-state index contributed by atoms with van der Waals surface area (Å²) in [6.07, 6.45) is 6.76. The number of nitrogens with one attached hydrogen (secondary N) is 1. The summed E-state index contributed by atoms with van der Waals surface area (Å²) >= 11 is 1.50. The third-order valence-corrected chi connectivity index (χ3v) is 8.52. The molecule has 35 heavy (non-hydrogen) atoms. The van der Waals surface area contributed by atoms with Crippen molar-refractivity contribution in [1.29, 1.82) is 0 Å². The molecule has 184 valence electrons. The van der Waals surface area contributed by atoms with Crippen LogP contribution in [-0.2, 0) is 22.7 Å². The van der Waals surface area contributed by atoms with Gasteiger partial charge in [-0.05, 0) is 67.2 Å². The fourth-order valence-corrected chi connectivity index (χ4v) is 6.37. The van der Waals surface area contributed by atoms with Crippen molar-refractivity contribution in [3.63, 3.8) is 0 Å². The summed E-state index contributed by atoms with van der Waals surface area (Å²) in [7, 11) is 0. The number of urea groups is 1. The normalized spacial score (nSPS) is 26.2. The Morgan fingerprint density at radius 1 is 1.11 bits per heavy atom. The lowest BCUT2D eigenvalue weighted by Crippen LogP contribution is -2.62. The second-order valence-electron chi connectivity index (χ2n) is 9.68. The van der Waals surface area contributed by atoms with Crippen LogP contribution in [0.2, 0.25) is 0 Å². The van der Waals surface area contributed by atoms with Crippen LogP contribution in [0.4, 0.5) is 4.79 Å². The van der Waals surface area contributed by atoms with Crippen LogP contribution >= 0.6 is 11.8 Å². The summed E-state index contributed by atoms with van der Waals surface area (Å²) in [6, 6.07) is 11.3. The molecule has 1 saturated carbocycles. The maximum atomic E-state index is 13.6. The number of nitrogens with zero attached hydrogens (tertiary/aromatic N) is 2. The van der Waals surface area contributed by atoms with Crippen LogP contribution in [0.1, 0.15) is 42.6 Å². The zero-order chi connectivity index (χ0) is 24.4. The van der Waals surface area contributed by atoms with Crippen molar-refractivity contribution in [2.75, 3.05) is 6.54 Å². The molecule has 3 aliphatic rings. The second-order valence-corrected chi connectivity index (χ2v) is 10.7. The van der Waals surface area contributed by atoms with Gasteiger partial charge in [0.05, 0.1) is 18.8 Å². The maximum Gasteiger partial charge on any atom is 0.327 e. The van der Waals surface area contributed by atoms with Gasteiger partial charge in [0.15, 0.2) is 0 Å². The summed E-state index contributed by atoms with van der Waals surface area (Å²) in [5, 5.41) is 4.62. The molecule has 3 heterocycles. The highest BCUT2D eigenvalue weighted by atomic mass is 32.2. The third kappa shape index (κ3) is 5.03. The van der Waals surface area contributed by atoms with Gasteiger partial charge < -0.3 is 14.6 Å². The van der Waals surface area contributed by atoms with E-state index in [9.17, 15) is 14.4 Å². The summed E-state index contributed by atoms with van der Waals surface area (Å²) in [6.45, 7) is 3.36. The Labute approximate surface area is 209 Å². The van der Waals surface area contributed by atoms with Crippen molar-refractivity contribution in [3.8, 4) is 0 Å². The number of furan rings is 1. The fourth-order valence-electron chi connectivity index (χ4n) is 5.30. The Bertz CT molecular complexity index is 1110. The van der Waals surface area contributed by atoms with E-state index in [1.807, 2.05) is 53.6 Å².